The summed E-state index contributed by atoms with van der Waals surface area (Å²) >= 11 is 0. The van der Waals surface area contributed by atoms with Crippen LogP contribution in [0.3, 0.4) is 0 Å². The molecule has 2 nitrogen and oxygen atoms in total. The van der Waals surface area contributed by atoms with Crippen molar-refractivity contribution in [3.63, 3.8) is 0 Å². The van der Waals surface area contributed by atoms with Gasteiger partial charge in [-0.15, -0.1) is 0 Å². The van der Waals surface area contributed by atoms with Crippen LogP contribution >= 0.6 is 0 Å². The normalized spacial score (nSPS) is 11.0. The molecule has 0 aliphatic rings. The zero-order valence-electron chi connectivity index (χ0n) is 12.6. The van der Waals surface area contributed by atoms with E-state index in [-0.39, 0.29) is 0 Å². The highest BCUT2D eigenvalue weighted by Crippen LogP contribution is 2.31. The maximum atomic E-state index is 10.5. The zero-order chi connectivity index (χ0) is 15.6. The molecule has 112 valence electrons. The SMILES string of the molecule is Oc1c(Cc2cccc(-c3ccco3)c2)ccc2ccccc12. The van der Waals surface area contributed by atoms with Gasteiger partial charge in [0, 0.05) is 17.4 Å². The summed E-state index contributed by atoms with van der Waals surface area (Å²) in [5.41, 5.74) is 3.12. The minimum absolute atomic E-state index is 0.367. The van der Waals surface area contributed by atoms with Gasteiger partial charge in [-0.2, -0.15) is 0 Å². The van der Waals surface area contributed by atoms with Crippen molar-refractivity contribution in [2.24, 2.45) is 0 Å². The fourth-order valence-corrected chi connectivity index (χ4v) is 2.94. The van der Waals surface area contributed by atoms with Crippen LogP contribution in [-0.4, -0.2) is 5.11 Å². The molecule has 1 N–H and O–H groups in total. The lowest BCUT2D eigenvalue weighted by Crippen LogP contribution is -1.90. The first-order chi connectivity index (χ1) is 11.3. The highest BCUT2D eigenvalue weighted by atomic mass is 16.3. The second kappa shape index (κ2) is 5.65. The minimum Gasteiger partial charge on any atom is -0.507 e. The van der Waals surface area contributed by atoms with Crippen molar-refractivity contribution in [2.75, 3.05) is 0 Å². The molecule has 0 fully saturated rings. The van der Waals surface area contributed by atoms with Gasteiger partial charge in [0.1, 0.15) is 11.5 Å². The number of phenols is 1. The summed E-state index contributed by atoms with van der Waals surface area (Å²) in [6.45, 7) is 0. The Hall–Kier alpha value is -3.00. The van der Waals surface area contributed by atoms with Crippen molar-refractivity contribution < 1.29 is 9.52 Å². The van der Waals surface area contributed by atoms with Gasteiger partial charge >= 0.3 is 0 Å². The molecule has 0 radical (unpaired) electrons. The number of furan rings is 1. The van der Waals surface area contributed by atoms with Crippen LogP contribution in [-0.2, 0) is 6.42 Å². The van der Waals surface area contributed by atoms with Crippen LogP contribution in [0.15, 0.2) is 83.5 Å². The molecule has 0 bridgehead atoms. The molecule has 4 aromatic rings. The number of rotatable bonds is 3. The molecule has 0 spiro atoms. The second-order valence-electron chi connectivity index (χ2n) is 5.65. The van der Waals surface area contributed by atoms with E-state index in [1.807, 2.05) is 54.6 Å². The molecule has 0 aliphatic carbocycles. The number of hydrogen-bond acceptors (Lipinski definition) is 2. The predicted molar refractivity (Wildman–Crippen MR) is 92.6 cm³/mol. The Balaban J connectivity index is 1.71. The molecular weight excluding hydrogens is 284 g/mol. The van der Waals surface area contributed by atoms with E-state index in [1.165, 1.54) is 0 Å². The number of benzene rings is 3. The Morgan fingerprint density at radius 2 is 1.74 bits per heavy atom. The molecule has 1 heterocycles. The van der Waals surface area contributed by atoms with Crippen LogP contribution in [0.2, 0.25) is 0 Å². The topological polar surface area (TPSA) is 33.4 Å². The molecule has 0 aliphatic heterocycles. The maximum absolute atomic E-state index is 10.5. The summed E-state index contributed by atoms with van der Waals surface area (Å²) in [7, 11) is 0. The van der Waals surface area contributed by atoms with Crippen molar-refractivity contribution in [1.29, 1.82) is 0 Å². The Kier molecular flexibility index (Phi) is 3.35. The lowest BCUT2D eigenvalue weighted by atomic mass is 9.98. The number of hydrogen-bond donors (Lipinski definition) is 1. The molecule has 0 atom stereocenters. The van der Waals surface area contributed by atoms with Gasteiger partial charge in [0.15, 0.2) is 0 Å². The van der Waals surface area contributed by atoms with Gasteiger partial charge in [-0.05, 0) is 34.7 Å². The van der Waals surface area contributed by atoms with E-state index in [4.69, 9.17) is 4.42 Å². The van der Waals surface area contributed by atoms with E-state index in [0.29, 0.717) is 12.2 Å². The molecule has 3 aromatic carbocycles. The smallest absolute Gasteiger partial charge is 0.133 e. The van der Waals surface area contributed by atoms with Crippen LogP contribution in [0.4, 0.5) is 0 Å². The minimum atomic E-state index is 0.367. The van der Waals surface area contributed by atoms with Gasteiger partial charge < -0.3 is 9.52 Å². The summed E-state index contributed by atoms with van der Waals surface area (Å²) in [6.07, 6.45) is 2.36. The quantitative estimate of drug-likeness (QED) is 0.550. The number of fused-ring (bicyclic) bond motifs is 1. The fraction of sp³-hybridized carbons (Fsp3) is 0.0476. The molecule has 4 rings (SSSR count). The second-order valence-corrected chi connectivity index (χ2v) is 5.65. The lowest BCUT2D eigenvalue weighted by Gasteiger charge is -2.09. The summed E-state index contributed by atoms with van der Waals surface area (Å²) in [5, 5.41) is 12.5. The highest BCUT2D eigenvalue weighted by Gasteiger charge is 2.08. The van der Waals surface area contributed by atoms with E-state index in [0.717, 1.165) is 33.2 Å². The van der Waals surface area contributed by atoms with E-state index in [2.05, 4.69) is 18.2 Å². The van der Waals surface area contributed by atoms with Crippen LogP contribution in [0.1, 0.15) is 11.1 Å². The third-order valence-corrected chi connectivity index (χ3v) is 4.11. The summed E-state index contributed by atoms with van der Waals surface area (Å²) in [5.74, 6) is 1.22. The Morgan fingerprint density at radius 3 is 2.61 bits per heavy atom. The van der Waals surface area contributed by atoms with Crippen molar-refractivity contribution in [3.05, 3.63) is 90.2 Å². The average Bonchev–Trinajstić information content (AvgIpc) is 3.13. The predicted octanol–water partition coefficient (Wildman–Crippen LogP) is 5.40. The Labute approximate surface area is 134 Å². The van der Waals surface area contributed by atoms with Crippen LogP contribution in [0, 0.1) is 0 Å². The molecule has 0 saturated carbocycles. The summed E-state index contributed by atoms with van der Waals surface area (Å²) in [4.78, 5) is 0. The summed E-state index contributed by atoms with van der Waals surface area (Å²) < 4.78 is 5.46. The largest absolute Gasteiger partial charge is 0.507 e. The molecule has 0 unspecified atom stereocenters. The van der Waals surface area contributed by atoms with E-state index in [1.54, 1.807) is 6.26 Å². The van der Waals surface area contributed by atoms with Crippen molar-refractivity contribution in [1.82, 2.24) is 0 Å². The fourth-order valence-electron chi connectivity index (χ4n) is 2.94. The molecule has 0 amide bonds. The van der Waals surface area contributed by atoms with E-state index < -0.39 is 0 Å². The van der Waals surface area contributed by atoms with Crippen LogP contribution in [0.5, 0.6) is 5.75 Å². The number of phenolic OH excluding ortho intramolecular Hbond substituents is 1. The third-order valence-electron chi connectivity index (χ3n) is 4.11. The molecule has 1 aromatic heterocycles. The standard InChI is InChI=1S/C21H16O2/c22-21-18(11-10-16-6-1-2-8-19(16)21)14-15-5-3-7-17(13-15)20-9-4-12-23-20/h1-13,22H,14H2. The van der Waals surface area contributed by atoms with Gasteiger partial charge in [0.2, 0.25) is 0 Å². The molecule has 23 heavy (non-hydrogen) atoms. The molecular formula is C21H16O2. The Morgan fingerprint density at radius 1 is 0.826 bits per heavy atom. The van der Waals surface area contributed by atoms with Gasteiger partial charge in [-0.3, -0.25) is 0 Å². The molecule has 2 heteroatoms. The van der Waals surface area contributed by atoms with Gasteiger partial charge in [-0.25, -0.2) is 0 Å². The van der Waals surface area contributed by atoms with Gasteiger partial charge in [0.05, 0.1) is 6.26 Å². The Bertz CT molecular complexity index is 953. The van der Waals surface area contributed by atoms with Gasteiger partial charge in [-0.1, -0.05) is 54.6 Å². The monoisotopic (exact) mass is 300 g/mol. The summed E-state index contributed by atoms with van der Waals surface area (Å²) in [6, 6.07) is 24.0. The van der Waals surface area contributed by atoms with Crippen molar-refractivity contribution >= 4 is 10.8 Å². The third kappa shape index (κ3) is 2.59. The van der Waals surface area contributed by atoms with E-state index in [9.17, 15) is 5.11 Å². The van der Waals surface area contributed by atoms with Crippen molar-refractivity contribution in [2.45, 2.75) is 6.42 Å². The van der Waals surface area contributed by atoms with Crippen molar-refractivity contribution in [3.8, 4) is 17.1 Å². The van der Waals surface area contributed by atoms with Gasteiger partial charge in [0.25, 0.3) is 0 Å². The first-order valence-electron chi connectivity index (χ1n) is 7.64. The van der Waals surface area contributed by atoms with Crippen LogP contribution < -0.4 is 0 Å². The average molecular weight is 300 g/mol. The zero-order valence-corrected chi connectivity index (χ0v) is 12.6. The van der Waals surface area contributed by atoms with E-state index >= 15 is 0 Å². The van der Waals surface area contributed by atoms with Crippen LogP contribution in [0.25, 0.3) is 22.1 Å². The highest BCUT2D eigenvalue weighted by molar-refractivity contribution is 5.89. The number of aromatic hydroxyl groups is 1. The first kappa shape index (κ1) is 13.6. The molecule has 0 saturated heterocycles. The first-order valence-corrected chi connectivity index (χ1v) is 7.64. The lowest BCUT2D eigenvalue weighted by molar-refractivity contribution is 0.476. The maximum Gasteiger partial charge on any atom is 0.133 e.